The summed E-state index contributed by atoms with van der Waals surface area (Å²) in [4.78, 5) is 9.51. The number of hydrogen-bond donors (Lipinski definition) is 3. The Morgan fingerprint density at radius 3 is 2.57 bits per heavy atom. The molecule has 3 aromatic rings. The molecule has 0 spiro atoms. The van der Waals surface area contributed by atoms with E-state index in [1.54, 1.807) is 11.4 Å². The maximum absolute atomic E-state index is 13.3. The van der Waals surface area contributed by atoms with Crippen LogP contribution in [0, 0.1) is 24.2 Å². The standard InChI is InChI=1S/C24H29N9O3S/c1-14-7-22(31-30-14)28-23-20-6-5-19(36-2)10-21(20)27-24(29-23)26-16-8-17-3-4-18(9-16)33(17)37(34,35)32-12-15(11-25)13-32/h5-7,10,15-18H,3-4,8-9,12-13H2,1-2H3,(H3,26,27,28,29,30,31)/t16-,17-,18+. The van der Waals surface area contributed by atoms with E-state index in [0.717, 1.165) is 29.4 Å². The molecule has 3 atom stereocenters. The highest BCUT2D eigenvalue weighted by Crippen LogP contribution is 2.41. The van der Waals surface area contributed by atoms with E-state index in [-0.39, 0.29) is 37.1 Å². The number of methoxy groups -OCH3 is 1. The van der Waals surface area contributed by atoms with E-state index in [9.17, 15) is 8.42 Å². The molecule has 13 heteroatoms. The number of benzene rings is 1. The number of rotatable bonds is 7. The molecule has 3 aliphatic rings. The van der Waals surface area contributed by atoms with E-state index in [0.29, 0.717) is 36.2 Å². The highest BCUT2D eigenvalue weighted by Gasteiger charge is 2.51. The van der Waals surface area contributed by atoms with Gasteiger partial charge in [-0.3, -0.25) is 5.10 Å². The fourth-order valence-corrected chi connectivity index (χ4v) is 7.79. The molecule has 2 bridgehead atoms. The van der Waals surface area contributed by atoms with Gasteiger partial charge < -0.3 is 15.4 Å². The number of ether oxygens (including phenoxy) is 1. The predicted octanol–water partition coefficient (Wildman–Crippen LogP) is 2.52. The van der Waals surface area contributed by atoms with E-state index in [1.165, 1.54) is 4.31 Å². The molecule has 194 valence electrons. The van der Waals surface area contributed by atoms with Crippen molar-refractivity contribution < 1.29 is 13.2 Å². The summed E-state index contributed by atoms with van der Waals surface area (Å²) in [5.74, 6) is 2.23. The second-order valence-electron chi connectivity index (χ2n) is 10.0. The SMILES string of the molecule is COc1ccc2c(Nc3cc(C)[nH]n3)nc(N[C@@H]3C[C@H]4CC[C@@H](C3)N4S(=O)(=O)N3CC(C#N)C3)nc2c1. The molecule has 0 saturated carbocycles. The van der Waals surface area contributed by atoms with E-state index in [1.807, 2.05) is 31.2 Å². The van der Waals surface area contributed by atoms with Crippen LogP contribution in [0.1, 0.15) is 31.4 Å². The van der Waals surface area contributed by atoms with Crippen molar-refractivity contribution in [3.8, 4) is 11.8 Å². The van der Waals surface area contributed by atoms with Crippen molar-refractivity contribution in [1.82, 2.24) is 28.8 Å². The molecule has 12 nitrogen and oxygen atoms in total. The van der Waals surface area contributed by atoms with Crippen molar-refractivity contribution in [3.63, 3.8) is 0 Å². The van der Waals surface area contributed by atoms with Gasteiger partial charge in [0.05, 0.1) is 24.6 Å². The molecule has 2 aromatic heterocycles. The molecule has 3 saturated heterocycles. The van der Waals surface area contributed by atoms with Gasteiger partial charge in [0.15, 0.2) is 5.82 Å². The molecule has 3 fully saturated rings. The topological polar surface area (TPSA) is 152 Å². The average molecular weight is 524 g/mol. The third-order valence-corrected chi connectivity index (χ3v) is 9.56. The summed E-state index contributed by atoms with van der Waals surface area (Å²) >= 11 is 0. The number of aromatic amines is 1. The van der Waals surface area contributed by atoms with Gasteiger partial charge in [-0.15, -0.1) is 0 Å². The van der Waals surface area contributed by atoms with Crippen LogP contribution in [0.3, 0.4) is 0 Å². The summed E-state index contributed by atoms with van der Waals surface area (Å²) in [5, 5.41) is 23.8. The van der Waals surface area contributed by atoms with Crippen molar-refractivity contribution >= 4 is 38.7 Å². The van der Waals surface area contributed by atoms with Crippen LogP contribution >= 0.6 is 0 Å². The van der Waals surface area contributed by atoms with Crippen molar-refractivity contribution in [2.24, 2.45) is 5.92 Å². The van der Waals surface area contributed by atoms with Crippen molar-refractivity contribution in [1.29, 1.82) is 5.26 Å². The first-order valence-electron chi connectivity index (χ1n) is 12.4. The molecule has 37 heavy (non-hydrogen) atoms. The second-order valence-corrected chi connectivity index (χ2v) is 11.9. The van der Waals surface area contributed by atoms with Crippen molar-refractivity contribution in [2.45, 2.75) is 50.7 Å². The maximum Gasteiger partial charge on any atom is 0.282 e. The Morgan fingerprint density at radius 1 is 1.16 bits per heavy atom. The first-order chi connectivity index (χ1) is 17.8. The number of aryl methyl sites for hydroxylation is 1. The van der Waals surface area contributed by atoms with Gasteiger partial charge in [-0.05, 0) is 44.7 Å². The Labute approximate surface area is 215 Å². The van der Waals surface area contributed by atoms with Crippen LogP contribution in [0.2, 0.25) is 0 Å². The number of nitriles is 1. The van der Waals surface area contributed by atoms with E-state index >= 15 is 0 Å². The predicted molar refractivity (Wildman–Crippen MR) is 138 cm³/mol. The fourth-order valence-electron chi connectivity index (χ4n) is 5.65. The van der Waals surface area contributed by atoms with Gasteiger partial charge in [-0.1, -0.05) is 0 Å². The summed E-state index contributed by atoms with van der Waals surface area (Å²) in [6.45, 7) is 2.51. The number of aromatic nitrogens is 4. The largest absolute Gasteiger partial charge is 0.497 e. The number of nitrogens with one attached hydrogen (secondary N) is 3. The number of fused-ring (bicyclic) bond motifs is 3. The minimum absolute atomic E-state index is 0.0377. The van der Waals surface area contributed by atoms with Crippen LogP contribution in [0.25, 0.3) is 10.9 Å². The van der Waals surface area contributed by atoms with Gasteiger partial charge >= 0.3 is 0 Å². The molecule has 0 aliphatic carbocycles. The van der Waals surface area contributed by atoms with Crippen molar-refractivity contribution in [3.05, 3.63) is 30.0 Å². The van der Waals surface area contributed by atoms with Crippen LogP contribution in [-0.4, -0.2) is 75.5 Å². The average Bonchev–Trinajstić information content (AvgIpc) is 3.38. The monoisotopic (exact) mass is 523 g/mol. The van der Waals surface area contributed by atoms with Gasteiger partial charge in [0.1, 0.15) is 11.6 Å². The fraction of sp³-hybridized carbons (Fsp3) is 0.500. The minimum atomic E-state index is -3.55. The summed E-state index contributed by atoms with van der Waals surface area (Å²) in [5.41, 5.74) is 1.65. The number of anilines is 3. The summed E-state index contributed by atoms with van der Waals surface area (Å²) in [6.07, 6.45) is 3.01. The first-order valence-corrected chi connectivity index (χ1v) is 13.8. The molecule has 5 heterocycles. The van der Waals surface area contributed by atoms with Gasteiger partial charge in [-0.25, -0.2) is 4.98 Å². The van der Waals surface area contributed by atoms with Gasteiger partial charge in [0, 0.05) is 54.4 Å². The third kappa shape index (κ3) is 4.35. The highest BCUT2D eigenvalue weighted by atomic mass is 32.2. The zero-order valence-electron chi connectivity index (χ0n) is 20.7. The Morgan fingerprint density at radius 2 is 1.92 bits per heavy atom. The highest BCUT2D eigenvalue weighted by molar-refractivity contribution is 7.86. The first kappa shape index (κ1) is 23.9. The molecule has 0 amide bonds. The molecular formula is C24H29N9O3S. The zero-order valence-corrected chi connectivity index (χ0v) is 21.5. The number of H-pyrrole nitrogens is 1. The van der Waals surface area contributed by atoms with E-state index in [2.05, 4.69) is 26.9 Å². The molecule has 0 radical (unpaired) electrons. The van der Waals surface area contributed by atoms with Crippen LogP contribution in [0.15, 0.2) is 24.3 Å². The lowest BCUT2D eigenvalue weighted by atomic mass is 10.00. The van der Waals surface area contributed by atoms with Gasteiger partial charge in [-0.2, -0.15) is 32.4 Å². The van der Waals surface area contributed by atoms with Crippen LogP contribution in [0.4, 0.5) is 17.6 Å². The van der Waals surface area contributed by atoms with Crippen LogP contribution in [0.5, 0.6) is 5.75 Å². The molecule has 3 aliphatic heterocycles. The zero-order chi connectivity index (χ0) is 25.7. The van der Waals surface area contributed by atoms with Gasteiger partial charge in [0.2, 0.25) is 5.95 Å². The third-order valence-electron chi connectivity index (χ3n) is 7.48. The lowest BCUT2D eigenvalue weighted by molar-refractivity contribution is 0.182. The minimum Gasteiger partial charge on any atom is -0.497 e. The molecular weight excluding hydrogens is 494 g/mol. The smallest absolute Gasteiger partial charge is 0.282 e. The Bertz CT molecular complexity index is 1460. The van der Waals surface area contributed by atoms with E-state index in [4.69, 9.17) is 20.0 Å². The Hall–Kier alpha value is -3.47. The van der Waals surface area contributed by atoms with Crippen LogP contribution in [-0.2, 0) is 10.2 Å². The van der Waals surface area contributed by atoms with E-state index < -0.39 is 10.2 Å². The van der Waals surface area contributed by atoms with Crippen molar-refractivity contribution in [2.75, 3.05) is 30.8 Å². The number of nitrogens with zero attached hydrogens (tertiary/aromatic N) is 6. The number of piperidine rings is 1. The quantitative estimate of drug-likeness (QED) is 0.424. The molecule has 6 rings (SSSR count). The Balaban J connectivity index is 1.23. The van der Waals surface area contributed by atoms with Crippen LogP contribution < -0.4 is 15.4 Å². The molecule has 1 aromatic carbocycles. The number of hydrogen-bond acceptors (Lipinski definition) is 9. The van der Waals surface area contributed by atoms with Gasteiger partial charge in [0.25, 0.3) is 10.2 Å². The summed E-state index contributed by atoms with van der Waals surface area (Å²) in [7, 11) is -1.94. The second kappa shape index (κ2) is 9.13. The normalized spacial score (nSPS) is 24.5. The molecule has 0 unspecified atom stereocenters. The summed E-state index contributed by atoms with van der Waals surface area (Å²) < 4.78 is 35.0. The molecule has 3 N–H and O–H groups in total. The maximum atomic E-state index is 13.3. The Kier molecular flexibility index (Phi) is 5.89. The summed E-state index contributed by atoms with van der Waals surface area (Å²) in [6, 6.07) is 9.58. The lowest BCUT2D eigenvalue weighted by Gasteiger charge is -2.43. The lowest BCUT2D eigenvalue weighted by Crippen LogP contribution is -2.59.